The van der Waals surface area contributed by atoms with Crippen molar-refractivity contribution in [2.24, 2.45) is 39.7 Å². The first kappa shape index (κ1) is 28.7. The summed E-state index contributed by atoms with van der Waals surface area (Å²) in [7, 11) is 1.58. The van der Waals surface area contributed by atoms with Crippen molar-refractivity contribution >= 4 is 36.3 Å². The number of aliphatic hydroxyl groups excluding tert-OH is 1. The summed E-state index contributed by atoms with van der Waals surface area (Å²) in [6.07, 6.45) is 3.91. The van der Waals surface area contributed by atoms with Crippen LogP contribution in [0.2, 0.25) is 5.02 Å². The highest BCUT2D eigenvalue weighted by Gasteiger charge is 2.68. The molecule has 0 saturated heterocycles. The van der Waals surface area contributed by atoms with Gasteiger partial charge < -0.3 is 25.0 Å². The summed E-state index contributed by atoms with van der Waals surface area (Å²) < 4.78 is 17.6. The molecule has 0 aromatic heterocycles. The number of hydrogen-bond acceptors (Lipinski definition) is 7. The van der Waals surface area contributed by atoms with Gasteiger partial charge in [-0.05, 0) is 65.6 Å². The summed E-state index contributed by atoms with van der Waals surface area (Å²) in [5, 5.41) is 12.0. The monoisotopic (exact) mass is 556 g/mol. The van der Waals surface area contributed by atoms with Crippen molar-refractivity contribution in [3.8, 4) is 5.75 Å². The van der Waals surface area contributed by atoms with Crippen LogP contribution in [0.3, 0.4) is 0 Å². The first-order chi connectivity index (χ1) is 18.4. The second-order valence-corrected chi connectivity index (χ2v) is 13.1. The highest BCUT2D eigenvalue weighted by molar-refractivity contribution is 6.55. The maximum Gasteiger partial charge on any atom is 0.344 e. The van der Waals surface area contributed by atoms with Gasteiger partial charge in [-0.15, -0.1) is 6.58 Å². The average molecular weight is 557 g/mol. The second kappa shape index (κ2) is 10.2. The van der Waals surface area contributed by atoms with Gasteiger partial charge in [0.05, 0.1) is 17.7 Å². The van der Waals surface area contributed by atoms with E-state index in [4.69, 9.17) is 31.5 Å². The lowest BCUT2D eigenvalue weighted by atomic mass is 9.44. The summed E-state index contributed by atoms with van der Waals surface area (Å²) in [6.45, 7) is 12.7. The van der Waals surface area contributed by atoms with Crippen LogP contribution in [0.25, 0.3) is 0 Å². The first-order valence-corrected chi connectivity index (χ1v) is 14.5. The molecule has 3 aliphatic carbocycles. The molecule has 0 spiro atoms. The van der Waals surface area contributed by atoms with E-state index in [1.54, 1.807) is 19.6 Å². The Balaban J connectivity index is 1.45. The van der Waals surface area contributed by atoms with E-state index >= 15 is 0 Å². The SMILES string of the molecule is C=C[C@]1(C)C[C@@H](OC(=O)COc2cc(CN)c3c(c2Cl)[B]OC3)[C@]2(C)[C@H](C)CC[C@]3(CCC(=O)[C@H]32)[C@@H](C)[C@@H]1O. The summed E-state index contributed by atoms with van der Waals surface area (Å²) >= 11 is 6.57. The number of ketones is 1. The number of fused-ring (bicyclic) bond motifs is 1. The third-order valence-corrected chi connectivity index (χ3v) is 11.4. The Kier molecular flexibility index (Phi) is 7.49. The zero-order valence-corrected chi connectivity index (χ0v) is 24.2. The molecule has 3 saturated carbocycles. The Labute approximate surface area is 237 Å². The Morgan fingerprint density at radius 2 is 2.10 bits per heavy atom. The minimum Gasteiger partial charge on any atom is -0.480 e. The molecule has 2 bridgehead atoms. The predicted molar refractivity (Wildman–Crippen MR) is 150 cm³/mol. The molecular weight excluding hydrogens is 517 g/mol. The van der Waals surface area contributed by atoms with Crippen molar-refractivity contribution in [2.75, 3.05) is 6.61 Å². The standard InChI is InChI=1S/C30H40BClNO6/c1-6-28(4)12-22(29(5)16(2)7-9-30(17(3)27(28)36)10-8-20(34)26(29)30)39-23(35)15-37-21-11-18(13-33)19-14-38-31-24(19)25(21)32/h6,11,16-17,22,26-27,36H,1,7-10,12-15,33H2,2-5H3/t16-,17+,22-,26+,27+,28-,29+,30+/m1/s1. The number of benzene rings is 1. The lowest BCUT2D eigenvalue weighted by Gasteiger charge is -2.61. The number of ether oxygens (including phenoxy) is 2. The van der Waals surface area contributed by atoms with Crippen molar-refractivity contribution in [3.63, 3.8) is 0 Å². The summed E-state index contributed by atoms with van der Waals surface area (Å²) in [4.78, 5) is 26.9. The van der Waals surface area contributed by atoms with Gasteiger partial charge in [-0.1, -0.05) is 45.4 Å². The molecule has 39 heavy (non-hydrogen) atoms. The highest BCUT2D eigenvalue weighted by atomic mass is 35.5. The second-order valence-electron chi connectivity index (χ2n) is 12.7. The van der Waals surface area contributed by atoms with Crippen LogP contribution in [0, 0.1) is 34.0 Å². The average Bonchev–Trinajstić information content (AvgIpc) is 3.55. The molecule has 8 atom stereocenters. The quantitative estimate of drug-likeness (QED) is 0.311. The maximum absolute atomic E-state index is 13.5. The lowest BCUT2D eigenvalue weighted by molar-refractivity contribution is -0.207. The lowest BCUT2D eigenvalue weighted by Crippen LogP contribution is -2.63. The molecule has 1 aromatic carbocycles. The number of rotatable bonds is 6. The number of nitrogens with two attached hydrogens (primary N) is 1. The Bertz CT molecular complexity index is 1190. The molecule has 7 nitrogen and oxygen atoms in total. The van der Waals surface area contributed by atoms with E-state index in [-0.39, 0.29) is 42.1 Å². The van der Waals surface area contributed by atoms with Crippen molar-refractivity contribution < 1.29 is 28.8 Å². The summed E-state index contributed by atoms with van der Waals surface area (Å²) in [6, 6.07) is 1.75. The van der Waals surface area contributed by atoms with Crippen LogP contribution >= 0.6 is 11.6 Å². The minimum absolute atomic E-state index is 0.0803. The van der Waals surface area contributed by atoms with Crippen LogP contribution in [-0.4, -0.2) is 43.2 Å². The van der Waals surface area contributed by atoms with E-state index in [0.717, 1.165) is 30.4 Å². The van der Waals surface area contributed by atoms with Crippen LogP contribution in [0.1, 0.15) is 70.9 Å². The predicted octanol–water partition coefficient (Wildman–Crippen LogP) is 3.86. The molecule has 211 valence electrons. The van der Waals surface area contributed by atoms with Gasteiger partial charge in [0, 0.05) is 29.7 Å². The third-order valence-electron chi connectivity index (χ3n) is 11.0. The fourth-order valence-corrected chi connectivity index (χ4v) is 8.63. The molecule has 3 fully saturated rings. The Hall–Kier alpha value is -1.87. The number of halogens is 1. The van der Waals surface area contributed by atoms with Crippen LogP contribution in [0.15, 0.2) is 18.7 Å². The normalized spacial score (nSPS) is 39.2. The van der Waals surface area contributed by atoms with Gasteiger partial charge in [-0.25, -0.2) is 4.79 Å². The van der Waals surface area contributed by atoms with Crippen molar-refractivity contribution in [3.05, 3.63) is 34.9 Å². The molecule has 0 unspecified atom stereocenters. The van der Waals surface area contributed by atoms with Crippen molar-refractivity contribution in [2.45, 2.75) is 85.2 Å². The highest BCUT2D eigenvalue weighted by Crippen LogP contribution is 2.68. The van der Waals surface area contributed by atoms with Gasteiger partial charge in [0.25, 0.3) is 0 Å². The molecule has 3 N–H and O–H groups in total. The topological polar surface area (TPSA) is 108 Å². The molecule has 4 aliphatic rings. The van der Waals surface area contributed by atoms with Gasteiger partial charge in [0.15, 0.2) is 6.61 Å². The number of aliphatic hydroxyl groups is 1. The molecule has 1 radical (unpaired) electrons. The van der Waals surface area contributed by atoms with Gasteiger partial charge in [0.2, 0.25) is 0 Å². The first-order valence-electron chi connectivity index (χ1n) is 14.1. The largest absolute Gasteiger partial charge is 0.480 e. The summed E-state index contributed by atoms with van der Waals surface area (Å²) in [5.74, 6) is -0.184. The Morgan fingerprint density at radius 3 is 2.79 bits per heavy atom. The Morgan fingerprint density at radius 1 is 1.36 bits per heavy atom. The van der Waals surface area contributed by atoms with Crippen LogP contribution < -0.4 is 15.9 Å². The van der Waals surface area contributed by atoms with Gasteiger partial charge in [-0.2, -0.15) is 0 Å². The molecule has 1 aliphatic heterocycles. The number of esters is 1. The number of Topliss-reactive ketones (excluding diaryl/α,β-unsaturated/α-hetero) is 1. The molecule has 5 rings (SSSR count). The number of carbonyl (C=O) groups excluding carboxylic acids is 2. The number of carbonyl (C=O) groups is 2. The summed E-state index contributed by atoms with van der Waals surface area (Å²) in [5.41, 5.74) is 6.81. The smallest absolute Gasteiger partial charge is 0.344 e. The third kappa shape index (κ3) is 4.28. The zero-order valence-electron chi connectivity index (χ0n) is 23.4. The fraction of sp³-hybridized carbons (Fsp3) is 0.667. The van der Waals surface area contributed by atoms with Crippen LogP contribution in [-0.2, 0) is 32.1 Å². The fourth-order valence-electron chi connectivity index (χ4n) is 8.37. The van der Waals surface area contributed by atoms with Gasteiger partial charge >= 0.3 is 13.5 Å². The molecule has 9 heteroatoms. The van der Waals surface area contributed by atoms with Gasteiger partial charge in [0.1, 0.15) is 17.6 Å². The maximum atomic E-state index is 13.5. The van der Waals surface area contributed by atoms with E-state index in [0.29, 0.717) is 35.7 Å². The van der Waals surface area contributed by atoms with Crippen LogP contribution in [0.4, 0.5) is 0 Å². The van der Waals surface area contributed by atoms with E-state index in [1.165, 1.54) is 0 Å². The molecule has 0 amide bonds. The van der Waals surface area contributed by atoms with E-state index in [1.807, 2.05) is 6.92 Å². The molecule has 1 aromatic rings. The molecular formula is C30H40BClNO6. The van der Waals surface area contributed by atoms with E-state index in [9.17, 15) is 14.7 Å². The minimum atomic E-state index is -0.711. The van der Waals surface area contributed by atoms with E-state index in [2.05, 4.69) is 27.4 Å². The number of hydrogen-bond donors (Lipinski definition) is 2. The van der Waals surface area contributed by atoms with Gasteiger partial charge in [-0.3, -0.25) is 4.79 Å². The van der Waals surface area contributed by atoms with Crippen molar-refractivity contribution in [1.29, 1.82) is 0 Å². The van der Waals surface area contributed by atoms with Crippen molar-refractivity contribution in [1.82, 2.24) is 0 Å². The van der Waals surface area contributed by atoms with Crippen LogP contribution in [0.5, 0.6) is 5.75 Å². The van der Waals surface area contributed by atoms with E-state index < -0.39 is 29.0 Å². The zero-order chi connectivity index (χ0) is 28.3. The molecule has 1 heterocycles.